The van der Waals surface area contributed by atoms with Crippen molar-refractivity contribution in [2.75, 3.05) is 0 Å². The molecule has 2 fully saturated rings. The maximum Gasteiger partial charge on any atom is -0.0582 e. The Morgan fingerprint density at radius 2 is 1.24 bits per heavy atom. The number of rotatable bonds is 2. The van der Waals surface area contributed by atoms with E-state index in [1.165, 1.54) is 70.6 Å². The van der Waals surface area contributed by atoms with Crippen molar-refractivity contribution in [2.45, 2.75) is 104 Å². The first-order chi connectivity index (χ1) is 10.2. The normalized spacial score (nSPS) is 18.4. The standard InChI is InChI=1S/2C6H11.C4H9N.C3H7.Nb/c2*1-2-4-6-5-3-1;1-3-4(2)5;1-3-2;/h2*1H,2-6H2;4H,3H2,1-2H3;1,3H2,2H3;/q2*-1;;-1;. The molecule has 0 saturated heterocycles. The molecule has 127 valence electrons. The van der Waals surface area contributed by atoms with E-state index in [4.69, 9.17) is 0 Å². The van der Waals surface area contributed by atoms with Crippen molar-refractivity contribution in [1.82, 2.24) is 0 Å². The minimum atomic E-state index is 0.582. The molecule has 1 atom stereocenters. The van der Waals surface area contributed by atoms with Crippen molar-refractivity contribution in [1.29, 1.82) is 0 Å². The maximum absolute atomic E-state index is 4.06. The van der Waals surface area contributed by atoms with Gasteiger partial charge in [-0.15, -0.1) is 0 Å². The van der Waals surface area contributed by atoms with Gasteiger partial charge in [0, 0.05) is 0 Å². The molecule has 0 amide bonds. The van der Waals surface area contributed by atoms with Gasteiger partial charge in [-0.05, 0) is 0 Å². The summed E-state index contributed by atoms with van der Waals surface area (Å²) in [6.07, 6.45) is 21.2. The fourth-order valence-electron chi connectivity index (χ4n) is 1.88. The molecular formula is C19H38NNb-3. The zero-order valence-corrected chi connectivity index (χ0v) is 17.0. The van der Waals surface area contributed by atoms with Crippen LogP contribution in [-0.4, -0.2) is 6.04 Å². The second kappa shape index (κ2) is 22.8. The minimum absolute atomic E-state index is 0.582. The molecule has 1 nitrogen and oxygen atoms in total. The Hall–Kier alpha value is 0.540. The van der Waals surface area contributed by atoms with Crippen molar-refractivity contribution in [3.05, 3.63) is 19.8 Å². The first kappa shape index (κ1) is 23.8. The van der Waals surface area contributed by atoms with Gasteiger partial charge >= 0.3 is 50.5 Å². The molecule has 0 N–H and O–H groups in total. The largest absolute Gasteiger partial charge is 0.344 e. The van der Waals surface area contributed by atoms with Crippen LogP contribution in [0.1, 0.15) is 97.8 Å². The van der Waals surface area contributed by atoms with E-state index in [1.54, 1.807) is 20.9 Å². The third-order valence-electron chi connectivity index (χ3n) is 3.42. The molecule has 0 heterocycles. The van der Waals surface area contributed by atoms with Gasteiger partial charge in [0.15, 0.2) is 0 Å². The summed E-state index contributed by atoms with van der Waals surface area (Å²) in [6, 6.07) is 0.582. The second-order valence-electron chi connectivity index (χ2n) is 5.73. The monoisotopic (exact) mass is 373 g/mol. The zero-order valence-electron chi connectivity index (χ0n) is 14.8. The average Bonchev–Trinajstić information content (AvgIpc) is 2.59. The van der Waals surface area contributed by atoms with E-state index < -0.39 is 0 Å². The quantitative estimate of drug-likeness (QED) is 0.363. The maximum atomic E-state index is 4.06. The predicted octanol–water partition coefficient (Wildman–Crippen LogP) is 7.06. The molecule has 2 heteroatoms. The Balaban J connectivity index is 0. The van der Waals surface area contributed by atoms with Crippen molar-refractivity contribution in [2.24, 2.45) is 3.34 Å². The van der Waals surface area contributed by atoms with Gasteiger partial charge in [-0.2, -0.15) is 32.1 Å². The summed E-state index contributed by atoms with van der Waals surface area (Å²) in [5, 5.41) is 0. The Morgan fingerprint density at radius 3 is 1.29 bits per heavy atom. The molecule has 2 rings (SSSR count). The Bertz CT molecular complexity index is 139. The molecule has 0 spiro atoms. The fraction of sp³-hybridized carbons (Fsp3) is 0.842. The molecule has 0 aromatic rings. The molecule has 1 unspecified atom stereocenters. The summed E-state index contributed by atoms with van der Waals surface area (Å²) >= 11 is 1.55. The first-order valence-electron chi connectivity index (χ1n) is 8.99. The van der Waals surface area contributed by atoms with Crippen LogP contribution in [0.3, 0.4) is 0 Å². The topological polar surface area (TPSA) is 12.4 Å². The van der Waals surface area contributed by atoms with Crippen LogP contribution in [0.2, 0.25) is 0 Å². The summed E-state index contributed by atoms with van der Waals surface area (Å²) in [5.41, 5.74) is 0. The third kappa shape index (κ3) is 25.8. The van der Waals surface area contributed by atoms with Gasteiger partial charge in [-0.3, -0.25) is 0 Å². The molecular weight excluding hydrogens is 335 g/mol. The van der Waals surface area contributed by atoms with Crippen LogP contribution in [0.4, 0.5) is 0 Å². The van der Waals surface area contributed by atoms with Crippen molar-refractivity contribution >= 4 is 0 Å². The Kier molecular flexibility index (Phi) is 25.9. The van der Waals surface area contributed by atoms with E-state index in [2.05, 4.69) is 37.0 Å². The van der Waals surface area contributed by atoms with Crippen LogP contribution in [0.25, 0.3) is 0 Å². The minimum Gasteiger partial charge on any atom is -0.344 e. The molecule has 0 aromatic carbocycles. The molecule has 0 aromatic heterocycles. The van der Waals surface area contributed by atoms with Gasteiger partial charge in [0.05, 0.1) is 0 Å². The Labute approximate surface area is 147 Å². The first-order valence-corrected chi connectivity index (χ1v) is 9.97. The van der Waals surface area contributed by atoms with E-state index in [1.807, 2.05) is 6.92 Å². The van der Waals surface area contributed by atoms with E-state index in [-0.39, 0.29) is 0 Å². The van der Waals surface area contributed by atoms with Gasteiger partial charge in [0.25, 0.3) is 0 Å². The molecule has 0 radical (unpaired) electrons. The van der Waals surface area contributed by atoms with Crippen LogP contribution in [0, 0.1) is 19.8 Å². The average molecular weight is 373 g/mol. The number of nitrogens with zero attached hydrogens (tertiary/aromatic N) is 1. The predicted molar refractivity (Wildman–Crippen MR) is 92.6 cm³/mol. The van der Waals surface area contributed by atoms with Crippen LogP contribution in [-0.2, 0) is 20.9 Å². The van der Waals surface area contributed by atoms with Gasteiger partial charge in [-0.1, -0.05) is 45.4 Å². The molecule has 2 aliphatic rings. The summed E-state index contributed by atoms with van der Waals surface area (Å²) in [7, 11) is 0. The number of hydrogen-bond acceptors (Lipinski definition) is 1. The second-order valence-corrected chi connectivity index (χ2v) is 6.29. The van der Waals surface area contributed by atoms with Crippen LogP contribution < -0.4 is 0 Å². The van der Waals surface area contributed by atoms with Crippen molar-refractivity contribution in [3.63, 3.8) is 0 Å². The smallest absolute Gasteiger partial charge is 0.0582 e. The van der Waals surface area contributed by atoms with E-state index in [9.17, 15) is 0 Å². The Morgan fingerprint density at radius 1 is 0.905 bits per heavy atom. The van der Waals surface area contributed by atoms with Crippen molar-refractivity contribution in [3.8, 4) is 0 Å². The van der Waals surface area contributed by atoms with Crippen molar-refractivity contribution < 1.29 is 20.9 Å². The SMILES string of the molecule is CCC(C)[N]=[Nb].[CH-]1CCCCC1.[CH-]1CCCCC1.[CH2-]CC. The number of hydrogen-bond donors (Lipinski definition) is 0. The third-order valence-corrected chi connectivity index (χ3v) is 4.39. The van der Waals surface area contributed by atoms with Gasteiger partial charge in [-0.25, -0.2) is 0 Å². The molecule has 2 saturated carbocycles. The van der Waals surface area contributed by atoms with Crippen LogP contribution >= 0.6 is 0 Å². The summed E-state index contributed by atoms with van der Waals surface area (Å²) in [5.74, 6) is 0. The van der Waals surface area contributed by atoms with Crippen LogP contribution in [0.5, 0.6) is 0 Å². The van der Waals surface area contributed by atoms with Crippen LogP contribution in [0.15, 0.2) is 3.34 Å². The molecule has 21 heavy (non-hydrogen) atoms. The zero-order chi connectivity index (χ0) is 16.2. The summed E-state index contributed by atoms with van der Waals surface area (Å²) in [4.78, 5) is 0. The fourth-order valence-corrected chi connectivity index (χ4v) is 2.28. The van der Waals surface area contributed by atoms with E-state index >= 15 is 0 Å². The molecule has 0 aliphatic heterocycles. The summed E-state index contributed by atoms with van der Waals surface area (Å²) in [6.45, 7) is 9.77. The molecule has 2 aliphatic carbocycles. The molecule has 0 bridgehead atoms. The summed E-state index contributed by atoms with van der Waals surface area (Å²) < 4.78 is 4.06. The van der Waals surface area contributed by atoms with Gasteiger partial charge in [0.1, 0.15) is 0 Å². The van der Waals surface area contributed by atoms with E-state index in [0.29, 0.717) is 6.04 Å². The van der Waals surface area contributed by atoms with Gasteiger partial charge < -0.3 is 19.8 Å². The van der Waals surface area contributed by atoms with E-state index in [0.717, 1.165) is 6.42 Å². The van der Waals surface area contributed by atoms with Gasteiger partial charge in [0.2, 0.25) is 0 Å².